The van der Waals surface area contributed by atoms with Crippen LogP contribution in [-0.4, -0.2) is 65.1 Å². The van der Waals surface area contributed by atoms with Gasteiger partial charge in [-0.15, -0.1) is 0 Å². The number of aliphatic hydroxyl groups is 1. The quantitative estimate of drug-likeness (QED) is 0.307. The molecule has 0 fully saturated rings. The van der Waals surface area contributed by atoms with Crippen LogP contribution in [0.25, 0.3) is 16.9 Å². The highest BCUT2D eigenvalue weighted by Crippen LogP contribution is 2.28. The molecule has 0 saturated carbocycles. The van der Waals surface area contributed by atoms with E-state index < -0.39 is 37.2 Å². The average Bonchev–Trinajstić information content (AvgIpc) is 3.42. The number of amides is 1. The van der Waals surface area contributed by atoms with Crippen LogP contribution in [0, 0.1) is 0 Å². The monoisotopic (exact) mass is 522 g/mol. The van der Waals surface area contributed by atoms with Gasteiger partial charge in [-0.2, -0.15) is 10.2 Å². The fourth-order valence-electron chi connectivity index (χ4n) is 3.27. The number of carbonyl (C=O) groups is 1. The van der Waals surface area contributed by atoms with E-state index in [2.05, 4.69) is 30.8 Å². The molecule has 1 unspecified atom stereocenters. The van der Waals surface area contributed by atoms with Crippen molar-refractivity contribution >= 4 is 34.5 Å². The van der Waals surface area contributed by atoms with Gasteiger partial charge in [0.1, 0.15) is 12.7 Å². The second-order valence-corrected chi connectivity index (χ2v) is 8.95. The normalized spacial score (nSPS) is 12.8. The third-order valence-electron chi connectivity index (χ3n) is 5.20. The van der Waals surface area contributed by atoms with Gasteiger partial charge in [-0.25, -0.2) is 22.7 Å². The predicted octanol–water partition coefficient (Wildman–Crippen LogP) is 3.49. The van der Waals surface area contributed by atoms with Crippen molar-refractivity contribution in [2.24, 2.45) is 0 Å². The molecule has 36 heavy (non-hydrogen) atoms. The molecule has 4 aromatic rings. The molecule has 190 valence electrons. The number of nitrogens with one attached hydrogen (secondary N) is 2. The van der Waals surface area contributed by atoms with Gasteiger partial charge < -0.3 is 15.7 Å². The lowest BCUT2D eigenvalue weighted by Crippen LogP contribution is -2.42. The van der Waals surface area contributed by atoms with Crippen molar-refractivity contribution in [3.05, 3.63) is 53.8 Å². The molecule has 14 heteroatoms. The molecule has 10 nitrogen and oxygen atoms in total. The van der Waals surface area contributed by atoms with Gasteiger partial charge in [-0.05, 0) is 19.9 Å². The lowest BCUT2D eigenvalue weighted by atomic mass is 10.0. The van der Waals surface area contributed by atoms with Gasteiger partial charge in [0.25, 0.3) is 12.3 Å². The highest BCUT2D eigenvalue weighted by molar-refractivity contribution is 6.30. The second-order valence-electron chi connectivity index (χ2n) is 8.51. The van der Waals surface area contributed by atoms with Gasteiger partial charge in [-0.1, -0.05) is 11.6 Å². The van der Waals surface area contributed by atoms with E-state index in [9.17, 15) is 23.1 Å². The maximum atomic E-state index is 14.2. The molecule has 4 rings (SSSR count). The van der Waals surface area contributed by atoms with E-state index in [4.69, 9.17) is 11.6 Å². The Hall–Kier alpha value is -3.71. The molecular formula is C22H22ClF3N8O2. The zero-order valence-corrected chi connectivity index (χ0v) is 19.9. The Morgan fingerprint density at radius 1 is 1.14 bits per heavy atom. The van der Waals surface area contributed by atoms with Crippen molar-refractivity contribution in [2.45, 2.75) is 38.6 Å². The van der Waals surface area contributed by atoms with E-state index in [0.717, 1.165) is 4.68 Å². The van der Waals surface area contributed by atoms with E-state index in [1.165, 1.54) is 49.3 Å². The number of alkyl halides is 3. The van der Waals surface area contributed by atoms with E-state index in [0.29, 0.717) is 27.6 Å². The van der Waals surface area contributed by atoms with Gasteiger partial charge in [0.2, 0.25) is 0 Å². The maximum absolute atomic E-state index is 14.2. The summed E-state index contributed by atoms with van der Waals surface area (Å²) >= 11 is 5.97. The molecule has 4 aromatic heterocycles. The lowest BCUT2D eigenvalue weighted by Gasteiger charge is -2.22. The topological polar surface area (TPSA) is 122 Å². The average molecular weight is 523 g/mol. The summed E-state index contributed by atoms with van der Waals surface area (Å²) in [6, 6.07) is 1.55. The molecular weight excluding hydrogens is 501 g/mol. The third kappa shape index (κ3) is 5.74. The highest BCUT2D eigenvalue weighted by atomic mass is 35.5. The summed E-state index contributed by atoms with van der Waals surface area (Å²) in [5.41, 5.74) is 0.406. The first kappa shape index (κ1) is 25.4. The lowest BCUT2D eigenvalue weighted by molar-refractivity contribution is -0.00177. The number of hydrogen-bond donors (Lipinski definition) is 3. The van der Waals surface area contributed by atoms with Crippen LogP contribution in [0.1, 0.15) is 24.2 Å². The summed E-state index contributed by atoms with van der Waals surface area (Å²) in [5, 5.41) is 23.7. The summed E-state index contributed by atoms with van der Waals surface area (Å²) in [6.07, 6.45) is 4.23. The summed E-state index contributed by atoms with van der Waals surface area (Å²) in [4.78, 5) is 21.5. The number of fused-ring (bicyclic) bond motifs is 1. The molecule has 0 aliphatic carbocycles. The van der Waals surface area contributed by atoms with Crippen molar-refractivity contribution < 1.29 is 23.1 Å². The number of anilines is 2. The number of pyridine rings is 1. The first-order valence-electron chi connectivity index (χ1n) is 10.7. The van der Waals surface area contributed by atoms with Gasteiger partial charge in [0.05, 0.1) is 64.0 Å². The molecule has 3 N–H and O–H groups in total. The van der Waals surface area contributed by atoms with Crippen LogP contribution in [-0.2, 0) is 6.54 Å². The Bertz CT molecular complexity index is 1390. The summed E-state index contributed by atoms with van der Waals surface area (Å²) in [6.45, 7) is 1.56. The fourth-order valence-corrected chi connectivity index (χ4v) is 3.41. The smallest absolute Gasteiger partial charge is 0.257 e. The van der Waals surface area contributed by atoms with Crippen LogP contribution in [0.4, 0.5) is 24.5 Å². The van der Waals surface area contributed by atoms with E-state index in [-0.39, 0.29) is 11.3 Å². The van der Waals surface area contributed by atoms with Crippen LogP contribution in [0.3, 0.4) is 0 Å². The molecule has 0 aromatic carbocycles. The van der Waals surface area contributed by atoms with Crippen LogP contribution in [0.2, 0.25) is 5.02 Å². The summed E-state index contributed by atoms with van der Waals surface area (Å²) in [7, 11) is 0. The van der Waals surface area contributed by atoms with E-state index in [1.54, 1.807) is 12.3 Å². The van der Waals surface area contributed by atoms with Crippen LogP contribution in [0.5, 0.6) is 0 Å². The van der Waals surface area contributed by atoms with Gasteiger partial charge in [0, 0.05) is 18.6 Å². The van der Waals surface area contributed by atoms with Gasteiger partial charge in [0.15, 0.2) is 5.65 Å². The molecule has 4 heterocycles. The Morgan fingerprint density at radius 3 is 2.64 bits per heavy atom. The first-order chi connectivity index (χ1) is 17.0. The minimum atomic E-state index is -2.59. The molecule has 1 amide bonds. The van der Waals surface area contributed by atoms with Gasteiger partial charge in [-0.3, -0.25) is 14.5 Å². The third-order valence-corrected chi connectivity index (χ3v) is 5.39. The standard InChI is InChI=1S/C22H22ClF3N8O2/c1-22(2,36)18(24)8-29-21(35)15-6-27-16(14-7-31-34-9-12(23)4-28-20(14)34)3-17(15)32-13-5-30-33(10-13)11-19(25)26/h3-7,9-10,18-19,36H,8,11H2,1-2H3,(H,27,32)(H,29,35). The number of rotatable bonds is 9. The predicted molar refractivity (Wildman–Crippen MR) is 126 cm³/mol. The number of nitrogens with zero attached hydrogens (tertiary/aromatic N) is 6. The zero-order valence-electron chi connectivity index (χ0n) is 19.2. The molecule has 0 bridgehead atoms. The SMILES string of the molecule is CC(C)(O)C(F)CNC(=O)c1cnc(-c2cnn3cc(Cl)cnc23)cc1Nc1cnn(CC(F)F)c1. The molecule has 0 aliphatic heterocycles. The van der Waals surface area contributed by atoms with Crippen LogP contribution >= 0.6 is 11.6 Å². The van der Waals surface area contributed by atoms with E-state index in [1.807, 2.05) is 0 Å². The second kappa shape index (κ2) is 10.1. The number of carbonyl (C=O) groups excluding carboxylic acids is 1. The largest absolute Gasteiger partial charge is 0.387 e. The first-order valence-corrected chi connectivity index (χ1v) is 11.1. The number of hydrogen-bond acceptors (Lipinski definition) is 7. The highest BCUT2D eigenvalue weighted by Gasteiger charge is 2.27. The molecule has 0 spiro atoms. The van der Waals surface area contributed by atoms with Crippen molar-refractivity contribution in [3.63, 3.8) is 0 Å². The summed E-state index contributed by atoms with van der Waals surface area (Å²) in [5.74, 6) is -0.659. The van der Waals surface area contributed by atoms with Crippen molar-refractivity contribution in [2.75, 3.05) is 11.9 Å². The summed E-state index contributed by atoms with van der Waals surface area (Å²) < 4.78 is 42.1. The molecule has 0 radical (unpaired) electrons. The Balaban J connectivity index is 1.68. The van der Waals surface area contributed by atoms with Crippen LogP contribution in [0.15, 0.2) is 43.2 Å². The molecule has 0 saturated heterocycles. The minimum Gasteiger partial charge on any atom is -0.387 e. The van der Waals surface area contributed by atoms with E-state index >= 15 is 0 Å². The fraction of sp³-hybridized carbons (Fsp3) is 0.318. The zero-order chi connectivity index (χ0) is 26.0. The maximum Gasteiger partial charge on any atom is 0.257 e. The van der Waals surface area contributed by atoms with Crippen LogP contribution < -0.4 is 10.6 Å². The molecule has 1 atom stereocenters. The number of aromatic nitrogens is 6. The Morgan fingerprint density at radius 2 is 1.92 bits per heavy atom. The van der Waals surface area contributed by atoms with Crippen molar-refractivity contribution in [1.82, 2.24) is 34.7 Å². The van der Waals surface area contributed by atoms with Gasteiger partial charge >= 0.3 is 0 Å². The van der Waals surface area contributed by atoms with Crippen molar-refractivity contribution in [1.29, 1.82) is 0 Å². The van der Waals surface area contributed by atoms with Crippen molar-refractivity contribution in [3.8, 4) is 11.3 Å². The minimum absolute atomic E-state index is 0.0517. The molecule has 0 aliphatic rings. The number of halogens is 4. The Labute approximate surface area is 208 Å². The Kier molecular flexibility index (Phi) is 7.13.